The van der Waals surface area contributed by atoms with Gasteiger partial charge in [-0.25, -0.2) is 4.98 Å². The Morgan fingerprint density at radius 3 is 3.07 bits per heavy atom. The van der Waals surface area contributed by atoms with Crippen LogP contribution < -0.4 is 10.6 Å². The van der Waals surface area contributed by atoms with Crippen molar-refractivity contribution in [1.82, 2.24) is 20.5 Å². The molecule has 1 aliphatic heterocycles. The minimum Gasteiger partial charge on any atom is -0.313 e. The highest BCUT2D eigenvalue weighted by Crippen LogP contribution is 2.16. The van der Waals surface area contributed by atoms with Crippen LogP contribution in [-0.4, -0.2) is 33.7 Å². The third kappa shape index (κ3) is 2.27. The van der Waals surface area contributed by atoms with Crippen LogP contribution in [0.25, 0.3) is 0 Å². The van der Waals surface area contributed by atoms with Crippen LogP contribution in [-0.2, 0) is 4.79 Å². The fraction of sp³-hybridized carbons (Fsp3) is 0.556. The first kappa shape index (κ1) is 9.97. The Balaban J connectivity index is 1.98. The molecule has 80 valence electrons. The summed E-state index contributed by atoms with van der Waals surface area (Å²) in [5, 5.41) is 13.2. The quantitative estimate of drug-likeness (QED) is 0.702. The Hall–Kier alpha value is -1.56. The van der Waals surface area contributed by atoms with E-state index >= 15 is 0 Å². The summed E-state index contributed by atoms with van der Waals surface area (Å²) in [6, 6.07) is 0.210. The molecule has 2 rings (SSSR count). The van der Waals surface area contributed by atoms with Gasteiger partial charge in [0, 0.05) is 6.04 Å². The fourth-order valence-electron chi connectivity index (χ4n) is 1.72. The van der Waals surface area contributed by atoms with Crippen LogP contribution in [0.3, 0.4) is 0 Å². The lowest BCUT2D eigenvalue weighted by Gasteiger charge is -2.13. The summed E-state index contributed by atoms with van der Waals surface area (Å²) in [6.07, 6.45) is 3.82. The zero-order valence-corrected chi connectivity index (χ0v) is 8.47. The second-order valence-electron chi connectivity index (χ2n) is 3.59. The second kappa shape index (κ2) is 4.31. The molecule has 15 heavy (non-hydrogen) atoms. The van der Waals surface area contributed by atoms with Crippen molar-refractivity contribution < 1.29 is 4.79 Å². The number of rotatable bonds is 2. The average Bonchev–Trinajstić information content (AvgIpc) is 2.66. The standard InChI is InChI=1S/C9H13N5O/c1-6-7(2-3-10-6)8(15)13-9-11-4-5-12-14-9/h4-7,10H,2-3H2,1H3,(H,11,13,14,15). The largest absolute Gasteiger partial charge is 0.313 e. The van der Waals surface area contributed by atoms with Gasteiger partial charge in [-0.3, -0.25) is 10.1 Å². The lowest BCUT2D eigenvalue weighted by molar-refractivity contribution is -0.120. The van der Waals surface area contributed by atoms with Gasteiger partial charge in [0.15, 0.2) is 0 Å². The van der Waals surface area contributed by atoms with Crippen molar-refractivity contribution in [1.29, 1.82) is 0 Å². The number of amides is 1. The molecule has 0 radical (unpaired) electrons. The van der Waals surface area contributed by atoms with Gasteiger partial charge in [-0.2, -0.15) is 5.10 Å². The van der Waals surface area contributed by atoms with Crippen molar-refractivity contribution in [3.8, 4) is 0 Å². The van der Waals surface area contributed by atoms with E-state index in [0.29, 0.717) is 0 Å². The number of aromatic nitrogens is 3. The molecule has 1 aliphatic rings. The molecule has 0 spiro atoms. The molecule has 0 saturated carbocycles. The van der Waals surface area contributed by atoms with Crippen molar-refractivity contribution in [2.45, 2.75) is 19.4 Å². The van der Waals surface area contributed by atoms with Gasteiger partial charge < -0.3 is 5.32 Å². The van der Waals surface area contributed by atoms with Crippen LogP contribution >= 0.6 is 0 Å². The van der Waals surface area contributed by atoms with Gasteiger partial charge in [0.05, 0.1) is 18.3 Å². The summed E-state index contributed by atoms with van der Waals surface area (Å²) in [4.78, 5) is 15.7. The molecule has 1 fully saturated rings. The van der Waals surface area contributed by atoms with Crippen LogP contribution in [0.5, 0.6) is 0 Å². The fourth-order valence-corrected chi connectivity index (χ4v) is 1.72. The molecule has 2 atom stereocenters. The highest BCUT2D eigenvalue weighted by Gasteiger charge is 2.29. The molecule has 6 nitrogen and oxygen atoms in total. The highest BCUT2D eigenvalue weighted by molar-refractivity contribution is 5.91. The van der Waals surface area contributed by atoms with Gasteiger partial charge in [0.2, 0.25) is 11.9 Å². The molecule has 1 saturated heterocycles. The second-order valence-corrected chi connectivity index (χ2v) is 3.59. The van der Waals surface area contributed by atoms with Gasteiger partial charge in [-0.05, 0) is 19.9 Å². The van der Waals surface area contributed by atoms with Gasteiger partial charge in [0.1, 0.15) is 0 Å². The summed E-state index contributed by atoms with van der Waals surface area (Å²) in [7, 11) is 0. The van der Waals surface area contributed by atoms with E-state index in [1.54, 1.807) is 0 Å². The molecule has 1 aromatic heterocycles. The molecule has 0 bridgehead atoms. The number of hydrogen-bond acceptors (Lipinski definition) is 5. The smallest absolute Gasteiger partial charge is 0.249 e. The SMILES string of the molecule is CC1NCCC1C(=O)Nc1nccnn1. The van der Waals surface area contributed by atoms with Crippen molar-refractivity contribution >= 4 is 11.9 Å². The van der Waals surface area contributed by atoms with E-state index in [2.05, 4.69) is 25.8 Å². The maximum absolute atomic E-state index is 11.8. The number of nitrogens with zero attached hydrogens (tertiary/aromatic N) is 3. The summed E-state index contributed by atoms with van der Waals surface area (Å²) in [5.74, 6) is 0.218. The molecule has 1 aromatic rings. The summed E-state index contributed by atoms with van der Waals surface area (Å²) < 4.78 is 0. The predicted octanol–water partition coefficient (Wildman–Crippen LogP) is -0.192. The molecule has 0 aliphatic carbocycles. The van der Waals surface area contributed by atoms with Gasteiger partial charge in [-0.1, -0.05) is 0 Å². The van der Waals surface area contributed by atoms with Crippen molar-refractivity contribution in [2.24, 2.45) is 5.92 Å². The van der Waals surface area contributed by atoms with Crippen LogP contribution in [0.2, 0.25) is 0 Å². The summed E-state index contributed by atoms with van der Waals surface area (Å²) in [5.41, 5.74) is 0. The minimum atomic E-state index is -0.0412. The average molecular weight is 207 g/mol. The topological polar surface area (TPSA) is 79.8 Å². The van der Waals surface area contributed by atoms with E-state index in [1.807, 2.05) is 6.92 Å². The lowest BCUT2D eigenvalue weighted by Crippen LogP contribution is -2.32. The Kier molecular flexibility index (Phi) is 2.86. The van der Waals surface area contributed by atoms with E-state index in [1.165, 1.54) is 12.4 Å². The van der Waals surface area contributed by atoms with Crippen molar-refractivity contribution in [2.75, 3.05) is 11.9 Å². The van der Waals surface area contributed by atoms with E-state index in [4.69, 9.17) is 0 Å². The lowest BCUT2D eigenvalue weighted by atomic mass is 10.0. The molecule has 6 heteroatoms. The third-order valence-corrected chi connectivity index (χ3v) is 2.58. The maximum Gasteiger partial charge on any atom is 0.249 e. The zero-order chi connectivity index (χ0) is 10.7. The molecule has 0 aromatic carbocycles. The molecule has 1 amide bonds. The Bertz CT molecular complexity index is 342. The Morgan fingerprint density at radius 1 is 1.60 bits per heavy atom. The van der Waals surface area contributed by atoms with Crippen LogP contribution in [0.4, 0.5) is 5.95 Å². The third-order valence-electron chi connectivity index (χ3n) is 2.58. The predicted molar refractivity (Wildman–Crippen MR) is 54.0 cm³/mol. The number of hydrogen-bond donors (Lipinski definition) is 2. The summed E-state index contributed by atoms with van der Waals surface area (Å²) in [6.45, 7) is 2.88. The van der Waals surface area contributed by atoms with Gasteiger partial charge in [-0.15, -0.1) is 5.10 Å². The van der Waals surface area contributed by atoms with Gasteiger partial charge in [0.25, 0.3) is 0 Å². The molecule has 2 N–H and O–H groups in total. The van der Waals surface area contributed by atoms with Crippen LogP contribution in [0, 0.1) is 5.92 Å². The van der Waals surface area contributed by atoms with Crippen LogP contribution in [0.15, 0.2) is 12.4 Å². The minimum absolute atomic E-state index is 0.00574. The van der Waals surface area contributed by atoms with E-state index < -0.39 is 0 Å². The maximum atomic E-state index is 11.8. The number of carbonyl (C=O) groups is 1. The molecule has 2 unspecified atom stereocenters. The Morgan fingerprint density at radius 2 is 2.47 bits per heavy atom. The number of carbonyl (C=O) groups excluding carboxylic acids is 1. The van der Waals surface area contributed by atoms with E-state index in [-0.39, 0.29) is 23.8 Å². The van der Waals surface area contributed by atoms with Gasteiger partial charge >= 0.3 is 0 Å². The number of nitrogens with one attached hydrogen (secondary N) is 2. The molecular formula is C9H13N5O. The summed E-state index contributed by atoms with van der Waals surface area (Å²) >= 11 is 0. The molecular weight excluding hydrogens is 194 g/mol. The first-order chi connectivity index (χ1) is 7.27. The van der Waals surface area contributed by atoms with E-state index in [9.17, 15) is 4.79 Å². The first-order valence-corrected chi connectivity index (χ1v) is 4.95. The van der Waals surface area contributed by atoms with Crippen LogP contribution in [0.1, 0.15) is 13.3 Å². The molecule has 2 heterocycles. The Labute approximate surface area is 87.5 Å². The van der Waals surface area contributed by atoms with Crippen molar-refractivity contribution in [3.63, 3.8) is 0 Å². The number of anilines is 1. The van der Waals surface area contributed by atoms with Crippen molar-refractivity contribution in [3.05, 3.63) is 12.4 Å². The van der Waals surface area contributed by atoms with E-state index in [0.717, 1.165) is 13.0 Å². The highest BCUT2D eigenvalue weighted by atomic mass is 16.2. The first-order valence-electron chi connectivity index (χ1n) is 4.95. The normalized spacial score (nSPS) is 25.1. The zero-order valence-electron chi connectivity index (χ0n) is 8.47. The monoisotopic (exact) mass is 207 g/mol.